The van der Waals surface area contributed by atoms with Crippen LogP contribution >= 0.6 is 0 Å². The molecule has 0 radical (unpaired) electrons. The van der Waals surface area contributed by atoms with Gasteiger partial charge in [-0.15, -0.1) is 0 Å². The number of rotatable bonds is 5. The number of hydrogen-bond acceptors (Lipinski definition) is 8. The highest BCUT2D eigenvalue weighted by molar-refractivity contribution is 7.89. The molecule has 2 aliphatic rings. The van der Waals surface area contributed by atoms with Crippen LogP contribution in [0.4, 0.5) is 5.95 Å². The largest absolute Gasteiger partial charge is 0.351 e. The minimum absolute atomic E-state index is 0.0440. The first-order valence-corrected chi connectivity index (χ1v) is 13.1. The maximum absolute atomic E-state index is 13.0. The molecule has 34 heavy (non-hydrogen) atoms. The van der Waals surface area contributed by atoms with E-state index >= 15 is 0 Å². The Morgan fingerprint density at radius 1 is 1.06 bits per heavy atom. The highest BCUT2D eigenvalue weighted by Crippen LogP contribution is 2.25. The van der Waals surface area contributed by atoms with Gasteiger partial charge in [0.25, 0.3) is 0 Å². The Morgan fingerprint density at radius 2 is 1.82 bits per heavy atom. The minimum Gasteiger partial charge on any atom is -0.351 e. The van der Waals surface area contributed by atoms with E-state index in [9.17, 15) is 13.2 Å². The van der Waals surface area contributed by atoms with E-state index in [1.54, 1.807) is 29.4 Å². The molecule has 0 amide bonds. The summed E-state index contributed by atoms with van der Waals surface area (Å²) >= 11 is 0. The molecule has 5 rings (SSSR count). The van der Waals surface area contributed by atoms with Crippen molar-refractivity contribution in [2.45, 2.75) is 42.7 Å². The Hall–Kier alpha value is -2.77. The number of imidazole rings is 1. The maximum Gasteiger partial charge on any atom is 0.330 e. The van der Waals surface area contributed by atoms with Crippen LogP contribution in [-0.4, -0.2) is 85.8 Å². The molecule has 3 aromatic rings. The number of likely N-dealkylation sites (tertiary alicyclic amines) is 1. The fourth-order valence-electron chi connectivity index (χ4n) is 4.99. The lowest BCUT2D eigenvalue weighted by molar-refractivity contribution is 0.211. The molecule has 2 aliphatic heterocycles. The number of aromatic nitrogens is 6. The second-order valence-corrected chi connectivity index (χ2v) is 11.3. The quantitative estimate of drug-likeness (QED) is 0.546. The lowest BCUT2D eigenvalue weighted by Gasteiger charge is -2.31. The predicted molar refractivity (Wildman–Crippen MR) is 127 cm³/mol. The van der Waals surface area contributed by atoms with Gasteiger partial charge in [-0.25, -0.2) is 18.2 Å². The van der Waals surface area contributed by atoms with E-state index in [4.69, 9.17) is 4.98 Å². The number of aryl methyl sites for hydroxylation is 2. The molecule has 0 spiro atoms. The fraction of sp³-hybridized carbons (Fsp3) is 0.619. The SMILES string of the molecule is CN1CCCC(n2c(=O)n(C)c3cnc(NC4CCN(S(=O)(=O)c5cnn(C)c5)CC4)nc32)C1. The lowest BCUT2D eigenvalue weighted by atomic mass is 10.1. The van der Waals surface area contributed by atoms with Crippen LogP contribution in [0, 0.1) is 0 Å². The highest BCUT2D eigenvalue weighted by Gasteiger charge is 2.31. The minimum atomic E-state index is -3.54. The number of anilines is 1. The van der Waals surface area contributed by atoms with Crippen molar-refractivity contribution in [3.63, 3.8) is 0 Å². The van der Waals surface area contributed by atoms with E-state index < -0.39 is 10.0 Å². The van der Waals surface area contributed by atoms with Gasteiger partial charge >= 0.3 is 5.69 Å². The second kappa shape index (κ2) is 8.78. The predicted octanol–water partition coefficient (Wildman–Crippen LogP) is 0.395. The topological polar surface area (TPSA) is 123 Å². The van der Waals surface area contributed by atoms with Crippen LogP contribution in [0.2, 0.25) is 0 Å². The third-order valence-corrected chi connectivity index (χ3v) is 8.75. The van der Waals surface area contributed by atoms with Gasteiger partial charge in [0, 0.05) is 46.0 Å². The van der Waals surface area contributed by atoms with E-state index in [2.05, 4.69) is 27.3 Å². The van der Waals surface area contributed by atoms with Gasteiger partial charge in [-0.1, -0.05) is 0 Å². The summed E-state index contributed by atoms with van der Waals surface area (Å²) in [6, 6.07) is 0.126. The van der Waals surface area contributed by atoms with E-state index in [1.165, 1.54) is 21.4 Å². The Morgan fingerprint density at radius 3 is 2.50 bits per heavy atom. The zero-order valence-electron chi connectivity index (χ0n) is 19.8. The van der Waals surface area contributed by atoms with Crippen LogP contribution in [0.3, 0.4) is 0 Å². The van der Waals surface area contributed by atoms with Gasteiger partial charge in [0.2, 0.25) is 16.0 Å². The smallest absolute Gasteiger partial charge is 0.330 e. The molecule has 0 aromatic carbocycles. The van der Waals surface area contributed by atoms with Crippen molar-refractivity contribution in [2.24, 2.45) is 14.1 Å². The molecule has 13 heteroatoms. The van der Waals surface area contributed by atoms with Gasteiger partial charge in [0.05, 0.1) is 18.4 Å². The Kier molecular flexibility index (Phi) is 5.94. The summed E-state index contributed by atoms with van der Waals surface area (Å²) in [7, 11) is 1.98. The van der Waals surface area contributed by atoms with Gasteiger partial charge < -0.3 is 10.2 Å². The monoisotopic (exact) mass is 489 g/mol. The van der Waals surface area contributed by atoms with Crippen molar-refractivity contribution in [3.8, 4) is 0 Å². The third kappa shape index (κ3) is 4.12. The molecule has 184 valence electrons. The molecule has 0 bridgehead atoms. The van der Waals surface area contributed by atoms with E-state index in [-0.39, 0.29) is 22.7 Å². The lowest BCUT2D eigenvalue weighted by Crippen LogP contribution is -2.42. The van der Waals surface area contributed by atoms with Crippen molar-refractivity contribution in [2.75, 3.05) is 38.5 Å². The van der Waals surface area contributed by atoms with Crippen LogP contribution in [-0.2, 0) is 24.1 Å². The number of likely N-dealkylation sites (N-methyl/N-ethyl adjacent to an activating group) is 1. The normalized spacial score (nSPS) is 21.3. The average Bonchev–Trinajstić information content (AvgIpc) is 3.36. The number of nitrogens with one attached hydrogen (secondary N) is 1. The first-order chi connectivity index (χ1) is 16.2. The fourth-order valence-corrected chi connectivity index (χ4v) is 6.44. The molecular weight excluding hydrogens is 458 g/mol. The Labute approximate surface area is 198 Å². The van der Waals surface area contributed by atoms with Crippen LogP contribution in [0.5, 0.6) is 0 Å². The van der Waals surface area contributed by atoms with Gasteiger partial charge in [0.15, 0.2) is 5.65 Å². The summed E-state index contributed by atoms with van der Waals surface area (Å²) in [5.74, 6) is 0.463. The molecule has 3 aromatic heterocycles. The summed E-state index contributed by atoms with van der Waals surface area (Å²) in [6.07, 6.45) is 7.85. The summed E-state index contributed by atoms with van der Waals surface area (Å²) < 4.78 is 32.1. The van der Waals surface area contributed by atoms with Crippen molar-refractivity contribution in [1.29, 1.82) is 0 Å². The average molecular weight is 490 g/mol. The number of piperidine rings is 2. The van der Waals surface area contributed by atoms with Crippen LogP contribution in [0.25, 0.3) is 11.2 Å². The van der Waals surface area contributed by atoms with Crippen LogP contribution < -0.4 is 11.0 Å². The third-order valence-electron chi connectivity index (χ3n) is 6.90. The van der Waals surface area contributed by atoms with Crippen molar-refractivity contribution in [3.05, 3.63) is 29.1 Å². The number of hydrogen-bond donors (Lipinski definition) is 1. The highest BCUT2D eigenvalue weighted by atomic mass is 32.2. The number of nitrogens with zero attached hydrogens (tertiary/aromatic N) is 8. The van der Waals surface area contributed by atoms with Gasteiger partial charge in [0.1, 0.15) is 10.4 Å². The van der Waals surface area contributed by atoms with E-state index in [0.29, 0.717) is 43.0 Å². The van der Waals surface area contributed by atoms with Crippen LogP contribution in [0.1, 0.15) is 31.7 Å². The molecule has 1 atom stereocenters. The zero-order chi connectivity index (χ0) is 24.0. The van der Waals surface area contributed by atoms with Crippen molar-refractivity contribution < 1.29 is 8.42 Å². The molecule has 1 N–H and O–H groups in total. The van der Waals surface area contributed by atoms with E-state index in [1.807, 2.05) is 0 Å². The molecule has 0 saturated carbocycles. The summed E-state index contributed by atoms with van der Waals surface area (Å²) in [6.45, 7) is 2.66. The maximum atomic E-state index is 13.0. The number of sulfonamides is 1. The summed E-state index contributed by atoms with van der Waals surface area (Å²) in [5, 5.41) is 7.34. The standard InChI is InChI=1S/C21H31N9O3S/c1-26-8-4-5-16(13-26)30-19-18(28(3)21(30)31)12-22-20(25-19)24-15-6-9-29(10-7-15)34(32,33)17-11-23-27(2)14-17/h11-12,14-16H,4-10,13H2,1-3H3,(H,22,24,25). The van der Waals surface area contributed by atoms with Gasteiger partial charge in [-0.2, -0.15) is 14.4 Å². The Balaban J connectivity index is 1.32. The summed E-state index contributed by atoms with van der Waals surface area (Å²) in [5.41, 5.74) is 1.28. The van der Waals surface area contributed by atoms with Crippen LogP contribution in [0.15, 0.2) is 28.3 Å². The Bertz CT molecular complexity index is 1350. The molecule has 1 unspecified atom stereocenters. The summed E-state index contributed by atoms with van der Waals surface area (Å²) in [4.78, 5) is 24.6. The van der Waals surface area contributed by atoms with Crippen molar-refractivity contribution in [1.82, 2.24) is 38.1 Å². The number of fused-ring (bicyclic) bond motifs is 1. The first-order valence-electron chi connectivity index (χ1n) is 11.6. The molecule has 0 aliphatic carbocycles. The van der Waals surface area contributed by atoms with Crippen molar-refractivity contribution >= 4 is 27.1 Å². The zero-order valence-corrected chi connectivity index (χ0v) is 20.6. The molecule has 5 heterocycles. The second-order valence-electron chi connectivity index (χ2n) is 9.34. The van der Waals surface area contributed by atoms with E-state index in [0.717, 1.165) is 25.9 Å². The van der Waals surface area contributed by atoms with Gasteiger partial charge in [-0.3, -0.25) is 13.8 Å². The van der Waals surface area contributed by atoms with Gasteiger partial charge in [-0.05, 0) is 39.3 Å². The molecular formula is C21H31N9O3S. The first kappa shape index (κ1) is 23.0. The molecule has 2 saturated heterocycles. The molecule has 2 fully saturated rings. The molecule has 12 nitrogen and oxygen atoms in total.